The number of hydrogen-bond donors (Lipinski definition) is 1. The number of piperidine rings is 1. The molecule has 10 heteroatoms. The van der Waals surface area contributed by atoms with Crippen LogP contribution in [0.5, 0.6) is 0 Å². The molecular weight excluding hydrogens is 538 g/mol. The van der Waals surface area contributed by atoms with Crippen LogP contribution in [0.4, 0.5) is 11.5 Å². The van der Waals surface area contributed by atoms with E-state index in [0.29, 0.717) is 22.8 Å². The van der Waals surface area contributed by atoms with E-state index in [-0.39, 0.29) is 0 Å². The standard InChI is InChI=1S/C24H33BrClN5O2S/c1-3-21-17-30(24-23(26)14-20(15-27-24)28-34(2,32)33)12-13-31(21)22-8-10-29(11-9-22)16-18-4-6-19(25)7-5-18/h4-7,14-15,21-22,28H,3,8-13,16-17H2,1-2H3/t21-/m0/s1. The van der Waals surface area contributed by atoms with Gasteiger partial charge in [0.15, 0.2) is 0 Å². The maximum absolute atomic E-state index is 11.5. The van der Waals surface area contributed by atoms with Gasteiger partial charge in [-0.3, -0.25) is 14.5 Å². The fourth-order valence-electron chi connectivity index (χ4n) is 5.10. The zero-order chi connectivity index (χ0) is 24.3. The van der Waals surface area contributed by atoms with Gasteiger partial charge in [-0.15, -0.1) is 0 Å². The van der Waals surface area contributed by atoms with Gasteiger partial charge in [0.05, 0.1) is 23.2 Å². The van der Waals surface area contributed by atoms with E-state index in [2.05, 4.69) is 71.5 Å². The average Bonchev–Trinajstić information content (AvgIpc) is 2.80. The Morgan fingerprint density at radius 3 is 2.47 bits per heavy atom. The minimum Gasteiger partial charge on any atom is -0.353 e. The molecule has 0 amide bonds. The van der Waals surface area contributed by atoms with Gasteiger partial charge < -0.3 is 4.90 Å². The Bertz CT molecular complexity index is 1080. The molecule has 34 heavy (non-hydrogen) atoms. The summed E-state index contributed by atoms with van der Waals surface area (Å²) < 4.78 is 26.5. The molecule has 2 aliphatic rings. The summed E-state index contributed by atoms with van der Waals surface area (Å²) in [5.74, 6) is 0.725. The summed E-state index contributed by atoms with van der Waals surface area (Å²) in [5, 5.41) is 0.471. The minimum atomic E-state index is -3.36. The molecular formula is C24H33BrClN5O2S. The van der Waals surface area contributed by atoms with E-state index >= 15 is 0 Å². The molecule has 0 unspecified atom stereocenters. The summed E-state index contributed by atoms with van der Waals surface area (Å²) in [6.45, 7) is 8.23. The minimum absolute atomic E-state index is 0.386. The summed E-state index contributed by atoms with van der Waals surface area (Å²) >= 11 is 10.0. The third-order valence-corrected chi connectivity index (χ3v) is 8.18. The van der Waals surface area contributed by atoms with Gasteiger partial charge >= 0.3 is 0 Å². The highest BCUT2D eigenvalue weighted by atomic mass is 79.9. The van der Waals surface area contributed by atoms with Crippen LogP contribution in [0.1, 0.15) is 31.7 Å². The first kappa shape index (κ1) is 25.7. The molecule has 7 nitrogen and oxygen atoms in total. The third-order valence-electron chi connectivity index (χ3n) is 6.77. The van der Waals surface area contributed by atoms with Crippen molar-refractivity contribution in [3.05, 3.63) is 51.6 Å². The van der Waals surface area contributed by atoms with E-state index < -0.39 is 10.0 Å². The van der Waals surface area contributed by atoms with Gasteiger partial charge in [-0.1, -0.05) is 46.6 Å². The van der Waals surface area contributed by atoms with E-state index in [1.165, 1.54) is 24.6 Å². The highest BCUT2D eigenvalue weighted by Gasteiger charge is 2.34. The number of hydrogen-bond acceptors (Lipinski definition) is 6. The van der Waals surface area contributed by atoms with E-state index in [4.69, 9.17) is 11.6 Å². The number of piperazine rings is 1. The predicted molar refractivity (Wildman–Crippen MR) is 143 cm³/mol. The molecule has 3 heterocycles. The molecule has 1 atom stereocenters. The number of rotatable bonds is 7. The molecule has 1 aromatic heterocycles. The van der Waals surface area contributed by atoms with Gasteiger partial charge in [-0.2, -0.15) is 0 Å². The lowest BCUT2D eigenvalue weighted by Crippen LogP contribution is -2.58. The lowest BCUT2D eigenvalue weighted by Gasteiger charge is -2.47. The maximum atomic E-state index is 11.5. The Balaban J connectivity index is 1.34. The molecule has 0 saturated carbocycles. The van der Waals surface area contributed by atoms with Crippen LogP contribution in [0, 0.1) is 0 Å². The summed E-state index contributed by atoms with van der Waals surface area (Å²) in [7, 11) is -3.36. The van der Waals surface area contributed by atoms with Crippen LogP contribution in [-0.2, 0) is 16.6 Å². The molecule has 2 aliphatic heterocycles. The van der Waals surface area contributed by atoms with E-state index in [1.807, 2.05) is 0 Å². The lowest BCUT2D eigenvalue weighted by atomic mass is 9.98. The number of likely N-dealkylation sites (tertiary alicyclic amines) is 1. The number of nitrogens with one attached hydrogen (secondary N) is 1. The van der Waals surface area contributed by atoms with Crippen molar-refractivity contribution in [3.63, 3.8) is 0 Å². The van der Waals surface area contributed by atoms with Crippen LogP contribution in [0.2, 0.25) is 5.02 Å². The van der Waals surface area contributed by atoms with Crippen molar-refractivity contribution in [1.29, 1.82) is 0 Å². The summed E-state index contributed by atoms with van der Waals surface area (Å²) in [6, 6.07) is 11.3. The van der Waals surface area contributed by atoms with Crippen molar-refractivity contribution in [1.82, 2.24) is 14.8 Å². The molecule has 0 aliphatic carbocycles. The van der Waals surface area contributed by atoms with Crippen molar-refractivity contribution in [2.24, 2.45) is 0 Å². The van der Waals surface area contributed by atoms with E-state index in [9.17, 15) is 8.42 Å². The number of pyridine rings is 1. The van der Waals surface area contributed by atoms with Gasteiger partial charge in [0, 0.05) is 42.7 Å². The van der Waals surface area contributed by atoms with Crippen LogP contribution >= 0.6 is 27.5 Å². The topological polar surface area (TPSA) is 68.8 Å². The van der Waals surface area contributed by atoms with Crippen molar-refractivity contribution < 1.29 is 8.42 Å². The monoisotopic (exact) mass is 569 g/mol. The Kier molecular flexibility index (Phi) is 8.40. The molecule has 0 spiro atoms. The van der Waals surface area contributed by atoms with Crippen LogP contribution < -0.4 is 9.62 Å². The SMILES string of the molecule is CC[C@H]1CN(c2ncc(NS(C)(=O)=O)cc2Cl)CCN1C1CCN(Cc2ccc(Br)cc2)CC1. The smallest absolute Gasteiger partial charge is 0.229 e. The maximum Gasteiger partial charge on any atom is 0.229 e. The normalized spacial score (nSPS) is 21.1. The number of aromatic nitrogens is 1. The first-order valence-electron chi connectivity index (χ1n) is 11.8. The zero-order valence-corrected chi connectivity index (χ0v) is 22.9. The number of benzene rings is 1. The molecule has 186 valence electrons. The number of nitrogens with zero attached hydrogens (tertiary/aromatic N) is 4. The van der Waals surface area contributed by atoms with Crippen molar-refractivity contribution in [3.8, 4) is 0 Å². The Hall–Kier alpha value is -1.39. The van der Waals surface area contributed by atoms with Crippen LogP contribution in [-0.4, -0.2) is 74.3 Å². The second kappa shape index (κ2) is 11.1. The fraction of sp³-hybridized carbons (Fsp3) is 0.542. The first-order chi connectivity index (χ1) is 16.2. The second-order valence-electron chi connectivity index (χ2n) is 9.28. The Morgan fingerprint density at radius 1 is 1.15 bits per heavy atom. The van der Waals surface area contributed by atoms with Crippen LogP contribution in [0.3, 0.4) is 0 Å². The summed E-state index contributed by atoms with van der Waals surface area (Å²) in [5.41, 5.74) is 1.75. The molecule has 0 radical (unpaired) electrons. The Labute approximate surface area is 216 Å². The predicted octanol–water partition coefficient (Wildman–Crippen LogP) is 4.43. The molecule has 1 N–H and O–H groups in total. The van der Waals surface area contributed by atoms with Gasteiger partial charge in [0.1, 0.15) is 5.82 Å². The van der Waals surface area contributed by atoms with Gasteiger partial charge in [0.2, 0.25) is 10.0 Å². The lowest BCUT2D eigenvalue weighted by molar-refractivity contribution is 0.0610. The van der Waals surface area contributed by atoms with Gasteiger partial charge in [-0.05, 0) is 56.1 Å². The van der Waals surface area contributed by atoms with Crippen molar-refractivity contribution in [2.75, 3.05) is 48.6 Å². The molecule has 2 aromatic rings. The molecule has 1 aromatic carbocycles. The van der Waals surface area contributed by atoms with E-state index in [0.717, 1.165) is 62.2 Å². The van der Waals surface area contributed by atoms with Crippen molar-refractivity contribution in [2.45, 2.75) is 44.8 Å². The average molecular weight is 571 g/mol. The van der Waals surface area contributed by atoms with Crippen LogP contribution in [0.15, 0.2) is 41.0 Å². The number of sulfonamides is 1. The molecule has 0 bridgehead atoms. The summed E-state index contributed by atoms with van der Waals surface area (Å²) in [6.07, 6.45) is 6.11. The molecule has 4 rings (SSSR count). The Morgan fingerprint density at radius 2 is 1.85 bits per heavy atom. The quantitative estimate of drug-likeness (QED) is 0.531. The van der Waals surface area contributed by atoms with E-state index in [1.54, 1.807) is 6.07 Å². The van der Waals surface area contributed by atoms with Crippen LogP contribution in [0.25, 0.3) is 0 Å². The second-order valence-corrected chi connectivity index (χ2v) is 12.4. The fourth-order valence-corrected chi connectivity index (χ4v) is 6.19. The molecule has 2 fully saturated rings. The molecule has 2 saturated heterocycles. The number of anilines is 2. The highest BCUT2D eigenvalue weighted by Crippen LogP contribution is 2.31. The summed E-state index contributed by atoms with van der Waals surface area (Å²) in [4.78, 5) is 12.0. The third kappa shape index (κ3) is 6.63. The first-order valence-corrected chi connectivity index (χ1v) is 14.9. The number of halogens is 2. The van der Waals surface area contributed by atoms with Crippen molar-refractivity contribution >= 4 is 49.1 Å². The highest BCUT2D eigenvalue weighted by molar-refractivity contribution is 9.10. The largest absolute Gasteiger partial charge is 0.353 e. The van der Waals surface area contributed by atoms with Gasteiger partial charge in [-0.25, -0.2) is 13.4 Å². The van der Waals surface area contributed by atoms with Gasteiger partial charge in [0.25, 0.3) is 0 Å². The zero-order valence-electron chi connectivity index (χ0n) is 19.8.